The van der Waals surface area contributed by atoms with E-state index in [4.69, 9.17) is 5.84 Å². The molecule has 1 rings (SSSR count). The van der Waals surface area contributed by atoms with Crippen molar-refractivity contribution in [3.8, 4) is 0 Å². The van der Waals surface area contributed by atoms with E-state index in [0.717, 1.165) is 21.7 Å². The van der Waals surface area contributed by atoms with Crippen molar-refractivity contribution in [1.29, 1.82) is 0 Å². The van der Waals surface area contributed by atoms with E-state index in [1.807, 2.05) is 0 Å². The van der Waals surface area contributed by atoms with Crippen molar-refractivity contribution in [2.75, 3.05) is 11.2 Å². The molecule has 1 aromatic heterocycles. The Labute approximate surface area is 89.8 Å². The first kappa shape index (κ1) is 10.7. The fraction of sp³-hybridized carbons (Fsp3) is 0.429. The first-order valence-corrected chi connectivity index (χ1v) is 5.67. The van der Waals surface area contributed by atoms with Crippen LogP contribution in [0.25, 0.3) is 0 Å². The van der Waals surface area contributed by atoms with Gasteiger partial charge in [-0.2, -0.15) is 0 Å². The van der Waals surface area contributed by atoms with Gasteiger partial charge in [0, 0.05) is 0 Å². The third-order valence-electron chi connectivity index (χ3n) is 1.34. The number of halogens is 1. The van der Waals surface area contributed by atoms with Crippen LogP contribution in [0.2, 0.25) is 0 Å². The highest BCUT2D eigenvalue weighted by molar-refractivity contribution is 9.10. The number of nitrogens with zero attached hydrogens (tertiary/aromatic N) is 2. The van der Waals surface area contributed by atoms with Gasteiger partial charge < -0.3 is 5.43 Å². The molecule has 4 nitrogen and oxygen atoms in total. The van der Waals surface area contributed by atoms with Crippen LogP contribution >= 0.6 is 27.7 Å². The zero-order chi connectivity index (χ0) is 9.68. The predicted octanol–water partition coefficient (Wildman–Crippen LogP) is 2.03. The Hall–Kier alpha value is -0.330. The Morgan fingerprint density at radius 3 is 3.00 bits per heavy atom. The summed E-state index contributed by atoms with van der Waals surface area (Å²) >= 11 is 5.07. The van der Waals surface area contributed by atoms with Gasteiger partial charge in [-0.15, -0.1) is 11.8 Å². The molecular weight excluding hydrogens is 252 g/mol. The Kier molecular flexibility index (Phi) is 4.47. The monoisotopic (exact) mass is 262 g/mol. The molecule has 0 aliphatic heterocycles. The summed E-state index contributed by atoms with van der Waals surface area (Å²) in [6.07, 6.45) is 2.62. The number of nitrogens with one attached hydrogen (secondary N) is 1. The van der Waals surface area contributed by atoms with E-state index in [9.17, 15) is 0 Å². The molecule has 0 aliphatic carbocycles. The lowest BCUT2D eigenvalue weighted by molar-refractivity contribution is 1.01. The van der Waals surface area contributed by atoms with Crippen LogP contribution in [0.3, 0.4) is 0 Å². The lowest BCUT2D eigenvalue weighted by atomic mass is 10.6. The van der Waals surface area contributed by atoms with Crippen molar-refractivity contribution in [3.05, 3.63) is 10.8 Å². The normalized spacial score (nSPS) is 10.1. The van der Waals surface area contributed by atoms with E-state index in [0.29, 0.717) is 5.82 Å². The molecule has 0 amide bonds. The molecule has 3 N–H and O–H groups in total. The van der Waals surface area contributed by atoms with Gasteiger partial charge in [0.2, 0.25) is 0 Å². The Bertz CT molecular complexity index is 281. The van der Waals surface area contributed by atoms with Gasteiger partial charge in [-0.1, -0.05) is 6.92 Å². The van der Waals surface area contributed by atoms with E-state index in [2.05, 4.69) is 38.2 Å². The summed E-state index contributed by atoms with van der Waals surface area (Å²) in [6.45, 7) is 2.13. The van der Waals surface area contributed by atoms with Gasteiger partial charge in [-0.05, 0) is 28.1 Å². The minimum atomic E-state index is 0.619. The molecule has 72 valence electrons. The van der Waals surface area contributed by atoms with Crippen LogP contribution < -0.4 is 11.3 Å². The molecule has 0 bridgehead atoms. The van der Waals surface area contributed by atoms with Gasteiger partial charge in [-0.25, -0.2) is 15.8 Å². The summed E-state index contributed by atoms with van der Waals surface area (Å²) in [6, 6.07) is 0. The van der Waals surface area contributed by atoms with Crippen molar-refractivity contribution < 1.29 is 0 Å². The number of hydrogen-bond donors (Lipinski definition) is 2. The van der Waals surface area contributed by atoms with E-state index in [1.54, 1.807) is 11.8 Å². The molecule has 1 heterocycles. The van der Waals surface area contributed by atoms with Crippen LogP contribution in [-0.4, -0.2) is 15.7 Å². The number of rotatable bonds is 4. The Balaban J connectivity index is 2.81. The third kappa shape index (κ3) is 2.82. The molecule has 0 unspecified atom stereocenters. The van der Waals surface area contributed by atoms with Gasteiger partial charge in [-0.3, -0.25) is 0 Å². The van der Waals surface area contributed by atoms with Gasteiger partial charge in [0.1, 0.15) is 11.4 Å². The first-order valence-electron chi connectivity index (χ1n) is 3.89. The van der Waals surface area contributed by atoms with Gasteiger partial charge in [0.25, 0.3) is 0 Å². The summed E-state index contributed by atoms with van der Waals surface area (Å²) in [7, 11) is 0. The molecule has 0 atom stereocenters. The second-order valence-corrected chi connectivity index (χ2v) is 4.21. The Morgan fingerprint density at radius 1 is 1.62 bits per heavy atom. The largest absolute Gasteiger partial charge is 0.307 e. The fourth-order valence-corrected chi connectivity index (χ4v) is 2.16. The van der Waals surface area contributed by atoms with Gasteiger partial charge in [0.05, 0.1) is 4.47 Å². The zero-order valence-electron chi connectivity index (χ0n) is 7.25. The van der Waals surface area contributed by atoms with Crippen LogP contribution in [0.1, 0.15) is 13.3 Å². The topological polar surface area (TPSA) is 63.8 Å². The molecule has 0 radical (unpaired) electrons. The number of nitrogens with two attached hydrogens (primary N) is 1. The second kappa shape index (κ2) is 5.41. The maximum atomic E-state index is 5.27. The van der Waals surface area contributed by atoms with Crippen LogP contribution in [0, 0.1) is 0 Å². The quantitative estimate of drug-likeness (QED) is 0.376. The summed E-state index contributed by atoms with van der Waals surface area (Å²) in [5.74, 6) is 6.93. The number of aromatic nitrogens is 2. The SMILES string of the molecule is CCCSc1ncnc(NN)c1Br. The van der Waals surface area contributed by atoms with Crippen LogP contribution in [0.4, 0.5) is 5.82 Å². The van der Waals surface area contributed by atoms with Crippen molar-refractivity contribution in [1.82, 2.24) is 9.97 Å². The highest BCUT2D eigenvalue weighted by atomic mass is 79.9. The molecule has 13 heavy (non-hydrogen) atoms. The number of hydrazine groups is 1. The smallest absolute Gasteiger partial charge is 0.158 e. The summed E-state index contributed by atoms with van der Waals surface area (Å²) < 4.78 is 0.830. The molecule has 0 aliphatic rings. The van der Waals surface area contributed by atoms with Crippen LogP contribution in [0.15, 0.2) is 15.8 Å². The Morgan fingerprint density at radius 2 is 2.38 bits per heavy atom. The van der Waals surface area contributed by atoms with E-state index in [-0.39, 0.29) is 0 Å². The van der Waals surface area contributed by atoms with Gasteiger partial charge >= 0.3 is 0 Å². The average Bonchev–Trinajstić information content (AvgIpc) is 2.16. The lowest BCUT2D eigenvalue weighted by Gasteiger charge is -2.05. The van der Waals surface area contributed by atoms with E-state index < -0.39 is 0 Å². The molecule has 0 saturated carbocycles. The third-order valence-corrected chi connectivity index (χ3v) is 3.55. The lowest BCUT2D eigenvalue weighted by Crippen LogP contribution is -2.09. The summed E-state index contributed by atoms with van der Waals surface area (Å²) in [5.41, 5.74) is 2.50. The second-order valence-electron chi connectivity index (χ2n) is 2.33. The average molecular weight is 263 g/mol. The van der Waals surface area contributed by atoms with E-state index >= 15 is 0 Å². The van der Waals surface area contributed by atoms with Crippen molar-refractivity contribution in [2.45, 2.75) is 18.4 Å². The molecule has 0 aromatic carbocycles. The standard InChI is InChI=1S/C7H11BrN4S/c1-2-3-13-7-5(8)6(12-9)10-4-11-7/h4H,2-3,9H2,1H3,(H,10,11,12). The van der Waals surface area contributed by atoms with Crippen molar-refractivity contribution in [2.24, 2.45) is 5.84 Å². The number of nitrogen functional groups attached to an aromatic ring is 1. The summed E-state index contributed by atoms with van der Waals surface area (Å²) in [4.78, 5) is 8.09. The number of anilines is 1. The van der Waals surface area contributed by atoms with Crippen LogP contribution in [0.5, 0.6) is 0 Å². The predicted molar refractivity (Wildman–Crippen MR) is 58.6 cm³/mol. The van der Waals surface area contributed by atoms with Gasteiger partial charge in [0.15, 0.2) is 5.82 Å². The highest BCUT2D eigenvalue weighted by Gasteiger charge is 2.06. The molecular formula is C7H11BrN4S. The maximum absolute atomic E-state index is 5.27. The van der Waals surface area contributed by atoms with Crippen molar-refractivity contribution >= 4 is 33.5 Å². The zero-order valence-corrected chi connectivity index (χ0v) is 9.65. The molecule has 0 fully saturated rings. The minimum absolute atomic E-state index is 0.619. The first-order chi connectivity index (χ1) is 6.29. The number of hydrogen-bond acceptors (Lipinski definition) is 5. The fourth-order valence-electron chi connectivity index (χ4n) is 0.754. The van der Waals surface area contributed by atoms with Crippen molar-refractivity contribution in [3.63, 3.8) is 0 Å². The minimum Gasteiger partial charge on any atom is -0.307 e. The molecule has 0 saturated heterocycles. The highest BCUT2D eigenvalue weighted by Crippen LogP contribution is 2.29. The molecule has 0 spiro atoms. The van der Waals surface area contributed by atoms with E-state index in [1.165, 1.54) is 6.33 Å². The number of thioether (sulfide) groups is 1. The molecule has 6 heteroatoms. The summed E-state index contributed by atoms with van der Waals surface area (Å²) in [5, 5.41) is 0.921. The molecule has 1 aromatic rings. The maximum Gasteiger partial charge on any atom is 0.158 e. The van der Waals surface area contributed by atoms with Crippen LogP contribution in [-0.2, 0) is 0 Å².